The Kier molecular flexibility index (Phi) is 4.79. The van der Waals surface area contributed by atoms with Crippen LogP contribution in [0.25, 0.3) is 0 Å². The molecule has 0 saturated heterocycles. The molecule has 1 N–H and O–H groups in total. The molecule has 1 nitrogen and oxygen atoms in total. The largest absolute Gasteiger partial charge is 0.386 e. The maximum Gasteiger partial charge on any atom is 0.0802 e. The number of aliphatic hydroxyl groups is 1. The maximum absolute atomic E-state index is 10.2. The van der Waals surface area contributed by atoms with E-state index in [1.54, 1.807) is 0 Å². The summed E-state index contributed by atoms with van der Waals surface area (Å²) in [7, 11) is 0. The first kappa shape index (κ1) is 13.5. The third kappa shape index (κ3) is 4.52. The number of hydrogen-bond acceptors (Lipinski definition) is 1. The summed E-state index contributed by atoms with van der Waals surface area (Å²) in [6.07, 6.45) is 10.7. The van der Waals surface area contributed by atoms with Gasteiger partial charge in [0.1, 0.15) is 0 Å². The fraction of sp³-hybridized carbons (Fsp3) is 0.733. The lowest BCUT2D eigenvalue weighted by Crippen LogP contribution is -2.21. The van der Waals surface area contributed by atoms with Crippen LogP contribution in [0.5, 0.6) is 0 Å². The van der Waals surface area contributed by atoms with Crippen molar-refractivity contribution in [2.75, 3.05) is 0 Å². The minimum absolute atomic E-state index is 0.591. The van der Waals surface area contributed by atoms with Crippen molar-refractivity contribution in [3.63, 3.8) is 0 Å². The molecule has 0 radical (unpaired) electrons. The summed E-state index contributed by atoms with van der Waals surface area (Å²) in [4.78, 5) is 0. The van der Waals surface area contributed by atoms with Crippen LogP contribution >= 0.6 is 0 Å². The fourth-order valence-corrected chi connectivity index (χ4v) is 2.17. The summed E-state index contributed by atoms with van der Waals surface area (Å²) in [6, 6.07) is 0. The predicted octanol–water partition coefficient (Wildman–Crippen LogP) is 4.09. The molecule has 1 aliphatic carbocycles. The average Bonchev–Trinajstić information content (AvgIpc) is 2.16. The highest BCUT2D eigenvalue weighted by Gasteiger charge is 2.18. The molecule has 1 rings (SSSR count). The lowest BCUT2D eigenvalue weighted by Gasteiger charge is -2.23. The highest BCUT2D eigenvalue weighted by Crippen LogP contribution is 2.25. The molecule has 1 unspecified atom stereocenters. The van der Waals surface area contributed by atoms with E-state index in [4.69, 9.17) is 0 Å². The Morgan fingerprint density at radius 3 is 2.75 bits per heavy atom. The van der Waals surface area contributed by atoms with Gasteiger partial charge in [0.05, 0.1) is 5.60 Å². The van der Waals surface area contributed by atoms with Gasteiger partial charge in [-0.15, -0.1) is 0 Å². The molecule has 0 aromatic carbocycles. The van der Waals surface area contributed by atoms with Gasteiger partial charge in [0.15, 0.2) is 0 Å². The van der Waals surface area contributed by atoms with Gasteiger partial charge in [0, 0.05) is 0 Å². The van der Waals surface area contributed by atoms with E-state index in [9.17, 15) is 5.11 Å². The van der Waals surface area contributed by atoms with Gasteiger partial charge in [-0.25, -0.2) is 0 Å². The summed E-state index contributed by atoms with van der Waals surface area (Å²) >= 11 is 0. The van der Waals surface area contributed by atoms with E-state index in [-0.39, 0.29) is 0 Å². The summed E-state index contributed by atoms with van der Waals surface area (Å²) in [5.74, 6) is 1.24. The maximum atomic E-state index is 10.2. The lowest BCUT2D eigenvalue weighted by atomic mass is 9.86. The van der Waals surface area contributed by atoms with Crippen molar-refractivity contribution < 1.29 is 5.11 Å². The highest BCUT2D eigenvalue weighted by molar-refractivity contribution is 5.07. The van der Waals surface area contributed by atoms with Crippen molar-refractivity contribution in [3.05, 3.63) is 23.8 Å². The van der Waals surface area contributed by atoms with E-state index in [0.29, 0.717) is 11.8 Å². The van der Waals surface area contributed by atoms with Crippen LogP contribution in [0.1, 0.15) is 53.4 Å². The normalized spacial score (nSPS) is 37.9. The molecule has 2 atom stereocenters. The van der Waals surface area contributed by atoms with E-state index >= 15 is 0 Å². The Hall–Kier alpha value is -0.560. The molecule has 0 amide bonds. The Bertz CT molecular complexity index is 271. The van der Waals surface area contributed by atoms with Gasteiger partial charge in [0.2, 0.25) is 0 Å². The van der Waals surface area contributed by atoms with Gasteiger partial charge in [-0.2, -0.15) is 0 Å². The number of allylic oxidation sites excluding steroid dienone is 3. The second-order valence-electron chi connectivity index (χ2n) is 5.75. The van der Waals surface area contributed by atoms with Crippen molar-refractivity contribution in [1.82, 2.24) is 0 Å². The van der Waals surface area contributed by atoms with Crippen LogP contribution < -0.4 is 0 Å². The van der Waals surface area contributed by atoms with Crippen molar-refractivity contribution >= 4 is 0 Å². The molecule has 1 heteroatoms. The number of hydrogen-bond donors (Lipinski definition) is 1. The van der Waals surface area contributed by atoms with Crippen LogP contribution in [0.2, 0.25) is 0 Å². The Labute approximate surface area is 100 Å². The van der Waals surface area contributed by atoms with E-state index in [1.165, 1.54) is 18.4 Å². The van der Waals surface area contributed by atoms with E-state index in [0.717, 1.165) is 12.8 Å². The average molecular weight is 222 g/mol. The van der Waals surface area contributed by atoms with Crippen molar-refractivity contribution in [2.24, 2.45) is 11.8 Å². The molecule has 0 fully saturated rings. The zero-order valence-electron chi connectivity index (χ0n) is 11.2. The molecule has 0 aromatic rings. The third-order valence-corrected chi connectivity index (χ3v) is 3.57. The Morgan fingerprint density at radius 1 is 1.44 bits per heavy atom. The monoisotopic (exact) mass is 222 g/mol. The van der Waals surface area contributed by atoms with Crippen LogP contribution in [-0.2, 0) is 0 Å². The Morgan fingerprint density at radius 2 is 2.12 bits per heavy atom. The topological polar surface area (TPSA) is 20.2 Å². The second kappa shape index (κ2) is 5.67. The SMILES string of the molecule is C/C1=C/CCC(C)(O)/C=C/[C@H](C(C)C)CC1. The van der Waals surface area contributed by atoms with Gasteiger partial charge in [-0.05, 0) is 51.4 Å². The van der Waals surface area contributed by atoms with E-state index in [2.05, 4.69) is 32.9 Å². The van der Waals surface area contributed by atoms with Crippen molar-refractivity contribution in [1.29, 1.82) is 0 Å². The zero-order chi connectivity index (χ0) is 12.2. The lowest BCUT2D eigenvalue weighted by molar-refractivity contribution is 0.102. The van der Waals surface area contributed by atoms with Crippen LogP contribution in [0.4, 0.5) is 0 Å². The molecule has 0 bridgehead atoms. The molecule has 0 spiro atoms. The smallest absolute Gasteiger partial charge is 0.0802 e. The molecule has 0 aromatic heterocycles. The number of rotatable bonds is 1. The molecule has 92 valence electrons. The van der Waals surface area contributed by atoms with Crippen LogP contribution in [0.3, 0.4) is 0 Å². The third-order valence-electron chi connectivity index (χ3n) is 3.57. The van der Waals surface area contributed by atoms with Crippen LogP contribution in [-0.4, -0.2) is 10.7 Å². The van der Waals surface area contributed by atoms with Gasteiger partial charge >= 0.3 is 0 Å². The molecular formula is C15H26O. The molecule has 1 aliphatic rings. The molecule has 0 heterocycles. The summed E-state index contributed by atoms with van der Waals surface area (Å²) in [5, 5.41) is 10.2. The molecular weight excluding hydrogens is 196 g/mol. The van der Waals surface area contributed by atoms with E-state index < -0.39 is 5.60 Å². The summed E-state index contributed by atoms with van der Waals surface area (Å²) in [6.45, 7) is 8.63. The first-order chi connectivity index (χ1) is 7.41. The van der Waals surface area contributed by atoms with Crippen molar-refractivity contribution in [2.45, 2.75) is 59.0 Å². The first-order valence-electron chi connectivity index (χ1n) is 6.48. The summed E-state index contributed by atoms with van der Waals surface area (Å²) < 4.78 is 0. The molecule has 0 aliphatic heterocycles. The van der Waals surface area contributed by atoms with Gasteiger partial charge < -0.3 is 5.11 Å². The standard InChI is InChI=1S/C15H26O/c1-12(2)14-8-7-13(3)6-5-10-15(4,16)11-9-14/h6,9,11-12,14,16H,5,7-8,10H2,1-4H3/b11-9+,13-6-/t14-,15?/m1/s1. The second-order valence-corrected chi connectivity index (χ2v) is 5.75. The van der Waals surface area contributed by atoms with Crippen LogP contribution in [0, 0.1) is 11.8 Å². The van der Waals surface area contributed by atoms with Crippen LogP contribution in [0.15, 0.2) is 23.8 Å². The minimum Gasteiger partial charge on any atom is -0.386 e. The quantitative estimate of drug-likeness (QED) is 0.663. The van der Waals surface area contributed by atoms with E-state index in [1.807, 2.05) is 13.0 Å². The predicted molar refractivity (Wildman–Crippen MR) is 70.3 cm³/mol. The first-order valence-corrected chi connectivity index (χ1v) is 6.48. The van der Waals surface area contributed by atoms with Gasteiger partial charge in [-0.1, -0.05) is 37.6 Å². The minimum atomic E-state index is -0.638. The van der Waals surface area contributed by atoms with Crippen molar-refractivity contribution in [3.8, 4) is 0 Å². The molecule has 16 heavy (non-hydrogen) atoms. The highest BCUT2D eigenvalue weighted by atomic mass is 16.3. The summed E-state index contributed by atoms with van der Waals surface area (Å²) in [5.41, 5.74) is 0.832. The van der Waals surface area contributed by atoms with Gasteiger partial charge in [-0.3, -0.25) is 0 Å². The molecule has 0 saturated carbocycles. The fourth-order valence-electron chi connectivity index (χ4n) is 2.17. The zero-order valence-corrected chi connectivity index (χ0v) is 11.2. The van der Waals surface area contributed by atoms with Gasteiger partial charge in [0.25, 0.3) is 0 Å². The Balaban J connectivity index is 2.79.